The van der Waals surface area contributed by atoms with Gasteiger partial charge in [-0.3, -0.25) is 0 Å². The number of hydrogen-bond donors (Lipinski definition) is 3. The Morgan fingerprint density at radius 1 is 1.13 bits per heavy atom. The molecule has 0 aliphatic heterocycles. The Morgan fingerprint density at radius 3 is 2.09 bits per heavy atom. The predicted molar refractivity (Wildman–Crippen MR) is 93.5 cm³/mol. The van der Waals surface area contributed by atoms with Crippen molar-refractivity contribution in [3.8, 4) is 0 Å². The summed E-state index contributed by atoms with van der Waals surface area (Å²) in [5.41, 5.74) is -0.715. The molecule has 1 atom stereocenters. The van der Waals surface area contributed by atoms with Crippen LogP contribution in [0.2, 0.25) is 0 Å². The summed E-state index contributed by atoms with van der Waals surface area (Å²) in [5.74, 6) is 0.572. The quantitative estimate of drug-likeness (QED) is 0.608. The summed E-state index contributed by atoms with van der Waals surface area (Å²) in [5, 5.41) is 16.3. The Hall–Kier alpha value is -0.810. The number of rotatable bonds is 9. The van der Waals surface area contributed by atoms with Crippen molar-refractivity contribution in [3.63, 3.8) is 0 Å². The number of aliphatic hydroxyl groups is 1. The van der Waals surface area contributed by atoms with E-state index in [1.807, 2.05) is 20.8 Å². The van der Waals surface area contributed by atoms with Crippen LogP contribution in [0.4, 0.5) is 4.79 Å². The SMILES string of the molecule is CCC(CC)(CO)CNC(C)(CNC(=O)OC(C)(C)C)C1CC1. The van der Waals surface area contributed by atoms with Crippen molar-refractivity contribution in [2.45, 2.75) is 78.4 Å². The van der Waals surface area contributed by atoms with Gasteiger partial charge >= 0.3 is 6.09 Å². The van der Waals surface area contributed by atoms with Crippen LogP contribution in [0.1, 0.15) is 67.2 Å². The molecule has 3 N–H and O–H groups in total. The molecule has 0 heterocycles. The molecule has 0 aromatic heterocycles. The second-order valence-corrected chi connectivity index (χ2v) is 8.27. The lowest BCUT2D eigenvalue weighted by molar-refractivity contribution is 0.0498. The van der Waals surface area contributed by atoms with Crippen LogP contribution in [0.3, 0.4) is 0 Å². The average Bonchev–Trinajstić information content (AvgIpc) is 3.30. The standard InChI is InChI=1S/C18H36N2O3/c1-7-18(8-2,13-21)12-20-17(6,14-9-10-14)11-19-15(22)23-16(3,4)5/h14,20-21H,7-13H2,1-6H3,(H,19,22). The van der Waals surface area contributed by atoms with Gasteiger partial charge in [0, 0.05) is 30.7 Å². The van der Waals surface area contributed by atoms with Gasteiger partial charge in [-0.1, -0.05) is 13.8 Å². The van der Waals surface area contributed by atoms with Crippen LogP contribution in [-0.4, -0.2) is 42.0 Å². The van der Waals surface area contributed by atoms with Gasteiger partial charge in [0.1, 0.15) is 5.60 Å². The smallest absolute Gasteiger partial charge is 0.407 e. The summed E-state index contributed by atoms with van der Waals surface area (Å²) in [7, 11) is 0. The van der Waals surface area contributed by atoms with E-state index >= 15 is 0 Å². The molecule has 1 aliphatic rings. The number of amides is 1. The highest BCUT2D eigenvalue weighted by atomic mass is 16.6. The minimum Gasteiger partial charge on any atom is -0.444 e. The fourth-order valence-electron chi connectivity index (χ4n) is 2.81. The third kappa shape index (κ3) is 6.30. The Bertz CT molecular complexity index is 376. The number of carbonyl (C=O) groups is 1. The predicted octanol–water partition coefficient (Wildman–Crippen LogP) is 3.07. The number of aliphatic hydroxyl groups excluding tert-OH is 1. The van der Waals surface area contributed by atoms with Crippen molar-refractivity contribution in [2.75, 3.05) is 19.7 Å². The van der Waals surface area contributed by atoms with Gasteiger partial charge < -0.3 is 20.5 Å². The topological polar surface area (TPSA) is 70.6 Å². The van der Waals surface area contributed by atoms with E-state index in [9.17, 15) is 9.90 Å². The lowest BCUT2D eigenvalue weighted by Gasteiger charge is -2.38. The number of carbonyl (C=O) groups excluding carboxylic acids is 1. The molecule has 0 aromatic rings. The van der Waals surface area contributed by atoms with Crippen molar-refractivity contribution in [3.05, 3.63) is 0 Å². The first-order valence-electron chi connectivity index (χ1n) is 8.92. The number of ether oxygens (including phenoxy) is 1. The summed E-state index contributed by atoms with van der Waals surface area (Å²) < 4.78 is 5.32. The molecule has 0 radical (unpaired) electrons. The fourth-order valence-corrected chi connectivity index (χ4v) is 2.81. The fraction of sp³-hybridized carbons (Fsp3) is 0.944. The maximum atomic E-state index is 11.9. The zero-order chi connectivity index (χ0) is 17.7. The van der Waals surface area contributed by atoms with Crippen LogP contribution in [-0.2, 0) is 4.74 Å². The summed E-state index contributed by atoms with van der Waals surface area (Å²) in [6.07, 6.45) is 3.87. The summed E-state index contributed by atoms with van der Waals surface area (Å²) in [4.78, 5) is 11.9. The van der Waals surface area contributed by atoms with Crippen LogP contribution in [0.5, 0.6) is 0 Å². The van der Waals surface area contributed by atoms with Gasteiger partial charge in [-0.05, 0) is 59.3 Å². The molecule has 0 aromatic carbocycles. The average molecular weight is 328 g/mol. The van der Waals surface area contributed by atoms with Crippen LogP contribution < -0.4 is 10.6 Å². The van der Waals surface area contributed by atoms with Crippen LogP contribution in [0.15, 0.2) is 0 Å². The molecule has 0 spiro atoms. The van der Waals surface area contributed by atoms with Crippen molar-refractivity contribution in [1.82, 2.24) is 10.6 Å². The minimum absolute atomic E-state index is 0.0813. The van der Waals surface area contributed by atoms with Crippen molar-refractivity contribution < 1.29 is 14.6 Å². The van der Waals surface area contributed by atoms with Gasteiger partial charge in [-0.2, -0.15) is 0 Å². The molecule has 1 saturated carbocycles. The molecule has 23 heavy (non-hydrogen) atoms. The van der Waals surface area contributed by atoms with Gasteiger partial charge in [0.05, 0.1) is 0 Å². The highest BCUT2D eigenvalue weighted by Gasteiger charge is 2.43. The Kier molecular flexibility index (Phi) is 6.90. The van der Waals surface area contributed by atoms with E-state index in [4.69, 9.17) is 4.74 Å². The molecule has 1 rings (SSSR count). The van der Waals surface area contributed by atoms with Crippen LogP contribution in [0, 0.1) is 11.3 Å². The highest BCUT2D eigenvalue weighted by Crippen LogP contribution is 2.40. The molecular formula is C18H36N2O3. The number of nitrogens with one attached hydrogen (secondary N) is 2. The first-order chi connectivity index (χ1) is 10.6. The van der Waals surface area contributed by atoms with Gasteiger partial charge in [0.15, 0.2) is 0 Å². The first kappa shape index (κ1) is 20.2. The van der Waals surface area contributed by atoms with Gasteiger partial charge in [0.25, 0.3) is 0 Å². The van der Waals surface area contributed by atoms with E-state index in [1.165, 1.54) is 12.8 Å². The molecule has 0 bridgehead atoms. The molecule has 0 saturated heterocycles. The van der Waals surface area contributed by atoms with Gasteiger partial charge in [0.2, 0.25) is 0 Å². The second kappa shape index (κ2) is 7.84. The van der Waals surface area contributed by atoms with Crippen molar-refractivity contribution in [1.29, 1.82) is 0 Å². The molecule has 1 amide bonds. The number of hydrogen-bond acceptors (Lipinski definition) is 4. The summed E-state index contributed by atoms with van der Waals surface area (Å²) >= 11 is 0. The third-order valence-electron chi connectivity index (χ3n) is 5.18. The highest BCUT2D eigenvalue weighted by molar-refractivity contribution is 5.67. The Morgan fingerprint density at radius 2 is 1.70 bits per heavy atom. The van der Waals surface area contributed by atoms with Crippen LogP contribution >= 0.6 is 0 Å². The first-order valence-corrected chi connectivity index (χ1v) is 8.92. The Balaban J connectivity index is 2.60. The minimum atomic E-state index is -0.482. The molecular weight excluding hydrogens is 292 g/mol. The molecule has 1 unspecified atom stereocenters. The van der Waals surface area contributed by atoms with Crippen molar-refractivity contribution in [2.24, 2.45) is 11.3 Å². The van der Waals surface area contributed by atoms with E-state index < -0.39 is 5.60 Å². The normalized spacial score (nSPS) is 18.4. The zero-order valence-electron chi connectivity index (χ0n) is 15.8. The lowest BCUT2D eigenvalue weighted by Crippen LogP contribution is -2.56. The molecule has 5 nitrogen and oxygen atoms in total. The van der Waals surface area contributed by atoms with E-state index in [2.05, 4.69) is 31.4 Å². The monoisotopic (exact) mass is 328 g/mol. The summed E-state index contributed by atoms with van der Waals surface area (Å²) in [6.45, 7) is 13.5. The maximum absolute atomic E-state index is 11.9. The van der Waals surface area contributed by atoms with Gasteiger partial charge in [-0.15, -0.1) is 0 Å². The lowest BCUT2D eigenvalue weighted by atomic mass is 9.82. The van der Waals surface area contributed by atoms with Gasteiger partial charge in [-0.25, -0.2) is 4.79 Å². The second-order valence-electron chi connectivity index (χ2n) is 8.27. The third-order valence-corrected chi connectivity index (χ3v) is 5.18. The van der Waals surface area contributed by atoms with E-state index in [0.29, 0.717) is 12.5 Å². The molecule has 5 heteroatoms. The van der Waals surface area contributed by atoms with Crippen LogP contribution in [0.25, 0.3) is 0 Å². The van der Waals surface area contributed by atoms with Crippen molar-refractivity contribution >= 4 is 6.09 Å². The largest absolute Gasteiger partial charge is 0.444 e. The van der Waals surface area contributed by atoms with E-state index in [-0.39, 0.29) is 23.7 Å². The van der Waals surface area contributed by atoms with E-state index in [0.717, 1.165) is 19.4 Å². The number of alkyl carbamates (subject to hydrolysis) is 1. The molecule has 1 aliphatic carbocycles. The Labute approximate surface area is 141 Å². The molecule has 136 valence electrons. The van der Waals surface area contributed by atoms with E-state index in [1.54, 1.807) is 0 Å². The maximum Gasteiger partial charge on any atom is 0.407 e. The summed E-state index contributed by atoms with van der Waals surface area (Å²) in [6, 6.07) is 0. The zero-order valence-corrected chi connectivity index (χ0v) is 15.8. The molecule has 1 fully saturated rings.